The summed E-state index contributed by atoms with van der Waals surface area (Å²) in [4.78, 5) is 6.94. The van der Waals surface area contributed by atoms with E-state index in [0.29, 0.717) is 22.1 Å². The first-order chi connectivity index (χ1) is 7.20. The second kappa shape index (κ2) is 4.16. The molecule has 2 aromatic rings. The van der Waals surface area contributed by atoms with E-state index < -0.39 is 11.6 Å². The summed E-state index contributed by atoms with van der Waals surface area (Å²) in [5, 5.41) is 0.580. The zero-order valence-corrected chi connectivity index (χ0v) is 8.70. The van der Waals surface area contributed by atoms with E-state index in [1.165, 1.54) is 11.8 Å². The van der Waals surface area contributed by atoms with Crippen molar-refractivity contribution in [1.29, 1.82) is 0 Å². The van der Waals surface area contributed by atoms with Crippen molar-refractivity contribution in [2.75, 3.05) is 13.0 Å². The van der Waals surface area contributed by atoms with Gasteiger partial charge < -0.3 is 9.72 Å². The van der Waals surface area contributed by atoms with Gasteiger partial charge in [0.1, 0.15) is 0 Å². The Hall–Kier alpha value is -1.14. The van der Waals surface area contributed by atoms with Gasteiger partial charge in [0.25, 0.3) is 0 Å². The summed E-state index contributed by atoms with van der Waals surface area (Å²) in [6, 6.07) is 2.16. The standard InChI is InChI=1S/C9H8F2N2OS/c1-14-4-15-9-12-7-2-5(10)6(11)3-8(7)13-9/h2-3H,4H2,1H3,(H,12,13). The highest BCUT2D eigenvalue weighted by Gasteiger charge is 2.08. The number of benzene rings is 1. The van der Waals surface area contributed by atoms with E-state index in [1.807, 2.05) is 0 Å². The Morgan fingerprint density at radius 3 is 2.87 bits per heavy atom. The molecule has 0 atom stereocenters. The molecule has 0 saturated heterocycles. The number of hydrogen-bond donors (Lipinski definition) is 1. The van der Waals surface area contributed by atoms with E-state index >= 15 is 0 Å². The minimum Gasteiger partial charge on any atom is -0.374 e. The Balaban J connectivity index is 2.38. The van der Waals surface area contributed by atoms with E-state index in [2.05, 4.69) is 9.97 Å². The Labute approximate surface area is 88.8 Å². The minimum atomic E-state index is -0.891. The van der Waals surface area contributed by atoms with Gasteiger partial charge in [0.2, 0.25) is 0 Å². The number of thioether (sulfide) groups is 1. The van der Waals surface area contributed by atoms with Gasteiger partial charge in [-0.2, -0.15) is 0 Å². The van der Waals surface area contributed by atoms with Gasteiger partial charge in [-0.15, -0.1) is 0 Å². The molecule has 0 aliphatic rings. The Kier molecular flexibility index (Phi) is 2.88. The summed E-state index contributed by atoms with van der Waals surface area (Å²) in [5.74, 6) is -1.34. The lowest BCUT2D eigenvalue weighted by Gasteiger charge is -1.92. The fraction of sp³-hybridized carbons (Fsp3) is 0.222. The van der Waals surface area contributed by atoms with Crippen molar-refractivity contribution in [3.8, 4) is 0 Å². The van der Waals surface area contributed by atoms with Crippen LogP contribution in [0.3, 0.4) is 0 Å². The smallest absolute Gasteiger partial charge is 0.168 e. The lowest BCUT2D eigenvalue weighted by Crippen LogP contribution is -1.82. The van der Waals surface area contributed by atoms with Gasteiger partial charge in [0, 0.05) is 19.2 Å². The monoisotopic (exact) mass is 230 g/mol. The lowest BCUT2D eigenvalue weighted by molar-refractivity contribution is 0.258. The Morgan fingerprint density at radius 1 is 1.40 bits per heavy atom. The third-order valence-corrected chi connectivity index (χ3v) is 2.64. The van der Waals surface area contributed by atoms with Crippen LogP contribution in [0.5, 0.6) is 0 Å². The topological polar surface area (TPSA) is 37.9 Å². The van der Waals surface area contributed by atoms with Gasteiger partial charge in [-0.3, -0.25) is 0 Å². The van der Waals surface area contributed by atoms with Crippen molar-refractivity contribution in [3.05, 3.63) is 23.8 Å². The molecule has 0 radical (unpaired) electrons. The van der Waals surface area contributed by atoms with E-state index in [0.717, 1.165) is 12.1 Å². The van der Waals surface area contributed by atoms with Crippen molar-refractivity contribution < 1.29 is 13.5 Å². The number of nitrogens with zero attached hydrogens (tertiary/aromatic N) is 1. The van der Waals surface area contributed by atoms with Gasteiger partial charge in [-0.1, -0.05) is 11.8 Å². The molecule has 1 N–H and O–H groups in total. The molecule has 0 aliphatic heterocycles. The molecule has 1 aromatic heterocycles. The molecule has 1 heterocycles. The van der Waals surface area contributed by atoms with Crippen molar-refractivity contribution in [1.82, 2.24) is 9.97 Å². The third-order valence-electron chi connectivity index (χ3n) is 1.82. The highest BCUT2D eigenvalue weighted by atomic mass is 32.2. The number of rotatable bonds is 3. The van der Waals surface area contributed by atoms with Crippen LogP contribution in [0.25, 0.3) is 11.0 Å². The minimum absolute atomic E-state index is 0.410. The second-order valence-electron chi connectivity index (χ2n) is 2.88. The fourth-order valence-electron chi connectivity index (χ4n) is 1.16. The van der Waals surface area contributed by atoms with Gasteiger partial charge in [0.15, 0.2) is 16.8 Å². The van der Waals surface area contributed by atoms with Crippen molar-refractivity contribution in [2.45, 2.75) is 5.16 Å². The van der Waals surface area contributed by atoms with Crippen LogP contribution < -0.4 is 0 Å². The zero-order chi connectivity index (χ0) is 10.8. The van der Waals surface area contributed by atoms with Gasteiger partial charge in [-0.25, -0.2) is 13.8 Å². The van der Waals surface area contributed by atoms with Gasteiger partial charge in [-0.05, 0) is 0 Å². The number of imidazole rings is 1. The fourth-order valence-corrected chi connectivity index (χ4v) is 1.74. The van der Waals surface area contributed by atoms with Crippen LogP contribution in [0.2, 0.25) is 0 Å². The normalized spacial score (nSPS) is 11.1. The van der Waals surface area contributed by atoms with Crippen LogP contribution >= 0.6 is 11.8 Å². The predicted molar refractivity (Wildman–Crippen MR) is 53.7 cm³/mol. The highest BCUT2D eigenvalue weighted by molar-refractivity contribution is 7.99. The van der Waals surface area contributed by atoms with Crippen molar-refractivity contribution >= 4 is 22.8 Å². The van der Waals surface area contributed by atoms with E-state index in [4.69, 9.17) is 4.74 Å². The summed E-state index contributed by atoms with van der Waals surface area (Å²) in [6.45, 7) is 0. The van der Waals surface area contributed by atoms with Crippen molar-refractivity contribution in [3.63, 3.8) is 0 Å². The Morgan fingerprint density at radius 2 is 2.13 bits per heavy atom. The molecule has 15 heavy (non-hydrogen) atoms. The van der Waals surface area contributed by atoms with Crippen LogP contribution in [-0.2, 0) is 4.74 Å². The van der Waals surface area contributed by atoms with Crippen LogP contribution in [-0.4, -0.2) is 23.0 Å². The van der Waals surface area contributed by atoms with Crippen LogP contribution in [0, 0.1) is 11.6 Å². The molecule has 0 aliphatic carbocycles. The van der Waals surface area contributed by atoms with Crippen molar-refractivity contribution in [2.24, 2.45) is 0 Å². The number of methoxy groups -OCH3 is 1. The van der Waals surface area contributed by atoms with Gasteiger partial charge >= 0.3 is 0 Å². The maximum atomic E-state index is 12.9. The van der Waals surface area contributed by atoms with E-state index in [9.17, 15) is 8.78 Å². The molecular formula is C9H8F2N2OS. The zero-order valence-electron chi connectivity index (χ0n) is 7.88. The number of ether oxygens (including phenoxy) is 1. The molecule has 0 unspecified atom stereocenters. The first-order valence-electron chi connectivity index (χ1n) is 4.17. The largest absolute Gasteiger partial charge is 0.374 e. The first kappa shape index (κ1) is 10.4. The number of aromatic amines is 1. The Bertz CT molecular complexity index is 447. The molecule has 6 heteroatoms. The summed E-state index contributed by atoms with van der Waals surface area (Å²) in [7, 11) is 1.56. The number of H-pyrrole nitrogens is 1. The second-order valence-corrected chi connectivity index (χ2v) is 3.79. The molecule has 0 spiro atoms. The highest BCUT2D eigenvalue weighted by Crippen LogP contribution is 2.21. The third kappa shape index (κ3) is 2.10. The average molecular weight is 230 g/mol. The van der Waals surface area contributed by atoms with Crippen LogP contribution in [0.4, 0.5) is 8.78 Å². The van der Waals surface area contributed by atoms with Crippen LogP contribution in [0.1, 0.15) is 0 Å². The van der Waals surface area contributed by atoms with Crippen LogP contribution in [0.15, 0.2) is 17.3 Å². The lowest BCUT2D eigenvalue weighted by atomic mass is 10.3. The summed E-state index contributed by atoms with van der Waals surface area (Å²) in [5.41, 5.74) is 0.889. The van der Waals surface area contributed by atoms with E-state index in [-0.39, 0.29) is 0 Å². The quantitative estimate of drug-likeness (QED) is 0.650. The summed E-state index contributed by atoms with van der Waals surface area (Å²) < 4.78 is 30.5. The number of aromatic nitrogens is 2. The maximum Gasteiger partial charge on any atom is 0.168 e. The predicted octanol–water partition coefficient (Wildman–Crippen LogP) is 2.54. The molecule has 0 bridgehead atoms. The number of hydrogen-bond acceptors (Lipinski definition) is 3. The number of halogens is 2. The molecule has 3 nitrogen and oxygen atoms in total. The summed E-state index contributed by atoms with van der Waals surface area (Å²) >= 11 is 1.32. The molecule has 80 valence electrons. The molecule has 0 amide bonds. The summed E-state index contributed by atoms with van der Waals surface area (Å²) in [6.07, 6.45) is 0. The SMILES string of the molecule is COCSc1nc2cc(F)c(F)cc2[nH]1. The molecule has 0 fully saturated rings. The first-order valence-corrected chi connectivity index (χ1v) is 5.16. The van der Waals surface area contributed by atoms with Gasteiger partial charge in [0.05, 0.1) is 17.0 Å². The number of fused-ring (bicyclic) bond motifs is 1. The molecule has 1 aromatic carbocycles. The van der Waals surface area contributed by atoms with E-state index in [1.54, 1.807) is 7.11 Å². The average Bonchev–Trinajstić information content (AvgIpc) is 2.58. The number of nitrogens with one attached hydrogen (secondary N) is 1. The molecular weight excluding hydrogens is 222 g/mol. The maximum absolute atomic E-state index is 12.9. The molecule has 0 saturated carbocycles. The molecule has 2 rings (SSSR count).